The van der Waals surface area contributed by atoms with Gasteiger partial charge in [-0.1, -0.05) is 67.9 Å². The summed E-state index contributed by atoms with van der Waals surface area (Å²) in [6.07, 6.45) is 4.89. The van der Waals surface area contributed by atoms with Crippen molar-refractivity contribution in [2.24, 2.45) is 0 Å². The maximum atomic E-state index is 4.84. The number of hydrogen-bond acceptors (Lipinski definition) is 6. The maximum absolute atomic E-state index is 4.84. The SMILES string of the molecule is CCCCc1nc(-c2ccccc2)nn1Cc1ccc(-c2ncccc2-c2nn[nH]n2)cc1. The van der Waals surface area contributed by atoms with E-state index in [0.717, 1.165) is 58.9 Å². The van der Waals surface area contributed by atoms with E-state index < -0.39 is 0 Å². The van der Waals surface area contributed by atoms with Crippen LogP contribution < -0.4 is 0 Å². The highest BCUT2D eigenvalue weighted by molar-refractivity contribution is 5.76. The lowest BCUT2D eigenvalue weighted by molar-refractivity contribution is 0.618. The van der Waals surface area contributed by atoms with Gasteiger partial charge in [0.2, 0.25) is 5.82 Å². The van der Waals surface area contributed by atoms with Gasteiger partial charge in [-0.3, -0.25) is 4.98 Å². The Morgan fingerprint density at radius 3 is 2.48 bits per heavy atom. The first-order valence-electron chi connectivity index (χ1n) is 11.1. The molecule has 0 radical (unpaired) electrons. The fourth-order valence-corrected chi connectivity index (χ4v) is 3.76. The minimum Gasteiger partial charge on any atom is -0.255 e. The highest BCUT2D eigenvalue weighted by Gasteiger charge is 2.14. The highest BCUT2D eigenvalue weighted by atomic mass is 15.5. The van der Waals surface area contributed by atoms with E-state index in [0.29, 0.717) is 12.4 Å². The van der Waals surface area contributed by atoms with E-state index in [2.05, 4.69) is 56.8 Å². The number of aryl methyl sites for hydroxylation is 1. The molecule has 8 nitrogen and oxygen atoms in total. The second-order valence-electron chi connectivity index (χ2n) is 7.81. The third-order valence-corrected chi connectivity index (χ3v) is 5.49. The Balaban J connectivity index is 1.42. The predicted molar refractivity (Wildman–Crippen MR) is 126 cm³/mol. The van der Waals surface area contributed by atoms with E-state index in [1.54, 1.807) is 6.20 Å². The van der Waals surface area contributed by atoms with Crippen LogP contribution >= 0.6 is 0 Å². The number of aromatic amines is 1. The van der Waals surface area contributed by atoms with Crippen molar-refractivity contribution in [1.82, 2.24) is 40.4 Å². The summed E-state index contributed by atoms with van der Waals surface area (Å²) in [6.45, 7) is 2.86. The van der Waals surface area contributed by atoms with Crippen molar-refractivity contribution < 1.29 is 0 Å². The normalized spacial score (nSPS) is 11.1. The molecule has 2 aromatic carbocycles. The third kappa shape index (κ3) is 4.55. The molecule has 0 bridgehead atoms. The number of pyridine rings is 1. The highest BCUT2D eigenvalue weighted by Crippen LogP contribution is 2.28. The first kappa shape index (κ1) is 20.7. The van der Waals surface area contributed by atoms with Gasteiger partial charge in [0.15, 0.2) is 5.82 Å². The van der Waals surface area contributed by atoms with Crippen molar-refractivity contribution in [2.45, 2.75) is 32.7 Å². The molecule has 0 aliphatic heterocycles. The second kappa shape index (κ2) is 9.52. The Labute approximate surface area is 191 Å². The number of rotatable bonds is 8. The Morgan fingerprint density at radius 2 is 1.73 bits per heavy atom. The molecule has 0 saturated heterocycles. The van der Waals surface area contributed by atoms with Gasteiger partial charge in [-0.15, -0.1) is 10.2 Å². The average molecular weight is 437 g/mol. The van der Waals surface area contributed by atoms with Crippen LogP contribution in [0.1, 0.15) is 31.2 Å². The lowest BCUT2D eigenvalue weighted by atomic mass is 10.0. The van der Waals surface area contributed by atoms with Gasteiger partial charge < -0.3 is 0 Å². The summed E-state index contributed by atoms with van der Waals surface area (Å²) in [4.78, 5) is 9.39. The van der Waals surface area contributed by atoms with Crippen molar-refractivity contribution in [2.75, 3.05) is 0 Å². The maximum Gasteiger partial charge on any atom is 0.206 e. The van der Waals surface area contributed by atoms with Crippen LogP contribution in [0.3, 0.4) is 0 Å². The topological polar surface area (TPSA) is 98.1 Å². The first-order chi connectivity index (χ1) is 16.3. The molecule has 0 fully saturated rings. The zero-order valence-corrected chi connectivity index (χ0v) is 18.4. The molecule has 3 heterocycles. The summed E-state index contributed by atoms with van der Waals surface area (Å²) in [5, 5.41) is 19.2. The summed E-state index contributed by atoms with van der Waals surface area (Å²) in [7, 11) is 0. The summed E-state index contributed by atoms with van der Waals surface area (Å²) in [5.41, 5.74) is 4.84. The lowest BCUT2D eigenvalue weighted by Crippen LogP contribution is -2.07. The van der Waals surface area contributed by atoms with Gasteiger partial charge in [0, 0.05) is 29.3 Å². The Morgan fingerprint density at radius 1 is 0.879 bits per heavy atom. The number of hydrogen-bond donors (Lipinski definition) is 1. The number of aromatic nitrogens is 8. The van der Waals surface area contributed by atoms with E-state index in [4.69, 9.17) is 10.1 Å². The van der Waals surface area contributed by atoms with E-state index in [9.17, 15) is 0 Å². The molecular weight excluding hydrogens is 412 g/mol. The predicted octanol–water partition coefficient (Wildman–Crippen LogP) is 4.58. The quantitative estimate of drug-likeness (QED) is 0.382. The summed E-state index contributed by atoms with van der Waals surface area (Å²) < 4.78 is 2.03. The smallest absolute Gasteiger partial charge is 0.206 e. The van der Waals surface area contributed by atoms with Gasteiger partial charge in [0.05, 0.1) is 12.2 Å². The van der Waals surface area contributed by atoms with Crippen LogP contribution in [0.4, 0.5) is 0 Å². The molecule has 33 heavy (non-hydrogen) atoms. The van der Waals surface area contributed by atoms with E-state index in [-0.39, 0.29) is 0 Å². The molecule has 0 saturated carbocycles. The van der Waals surface area contributed by atoms with Crippen LogP contribution in [0.5, 0.6) is 0 Å². The standard InChI is InChI=1S/C25H24N8/c1-2-3-11-22-27-24(20-8-5-4-6-9-20)30-33(22)17-18-12-14-19(15-13-18)23-21(10-7-16-26-23)25-28-31-32-29-25/h4-10,12-16H,2-3,11,17H2,1H3,(H,28,29,31,32). The largest absolute Gasteiger partial charge is 0.255 e. The number of unbranched alkanes of at least 4 members (excludes halogenated alkanes) is 1. The van der Waals surface area contributed by atoms with Gasteiger partial charge in [-0.05, 0) is 29.3 Å². The van der Waals surface area contributed by atoms with E-state index in [1.807, 2.05) is 47.1 Å². The van der Waals surface area contributed by atoms with Gasteiger partial charge in [-0.2, -0.15) is 10.3 Å². The van der Waals surface area contributed by atoms with Crippen molar-refractivity contribution in [3.63, 3.8) is 0 Å². The summed E-state index contributed by atoms with van der Waals surface area (Å²) >= 11 is 0. The van der Waals surface area contributed by atoms with Gasteiger partial charge in [0.1, 0.15) is 5.82 Å². The molecule has 0 atom stereocenters. The Hall–Kier alpha value is -4.20. The van der Waals surface area contributed by atoms with E-state index in [1.165, 1.54) is 0 Å². The van der Waals surface area contributed by atoms with Crippen LogP contribution in [0, 0.1) is 0 Å². The van der Waals surface area contributed by atoms with E-state index >= 15 is 0 Å². The molecule has 0 unspecified atom stereocenters. The van der Waals surface area contributed by atoms with Crippen molar-refractivity contribution in [3.05, 3.63) is 84.3 Å². The third-order valence-electron chi connectivity index (χ3n) is 5.49. The number of nitrogens with zero attached hydrogens (tertiary/aromatic N) is 7. The van der Waals surface area contributed by atoms with Gasteiger partial charge in [0.25, 0.3) is 0 Å². The molecule has 0 aliphatic rings. The minimum absolute atomic E-state index is 0.527. The van der Waals surface area contributed by atoms with Crippen LogP contribution in [0.25, 0.3) is 34.0 Å². The molecule has 8 heteroatoms. The fourth-order valence-electron chi connectivity index (χ4n) is 3.76. The fraction of sp³-hybridized carbons (Fsp3) is 0.200. The van der Waals surface area contributed by atoms with Crippen LogP contribution in [0.2, 0.25) is 0 Å². The number of H-pyrrole nitrogens is 1. The molecular formula is C25H24N8. The summed E-state index contributed by atoms with van der Waals surface area (Å²) in [6, 6.07) is 22.3. The molecule has 3 aromatic heterocycles. The molecule has 164 valence electrons. The molecule has 1 N–H and O–H groups in total. The van der Waals surface area contributed by atoms with Crippen molar-refractivity contribution in [3.8, 4) is 34.0 Å². The van der Waals surface area contributed by atoms with Crippen LogP contribution in [0.15, 0.2) is 72.9 Å². The number of benzene rings is 2. The van der Waals surface area contributed by atoms with Gasteiger partial charge in [-0.25, -0.2) is 9.67 Å². The Bertz CT molecular complexity index is 1310. The van der Waals surface area contributed by atoms with Crippen LogP contribution in [-0.4, -0.2) is 40.4 Å². The minimum atomic E-state index is 0.527. The summed E-state index contributed by atoms with van der Waals surface area (Å²) in [5.74, 6) is 2.32. The molecule has 5 rings (SSSR count). The molecule has 5 aromatic rings. The first-order valence-corrected chi connectivity index (χ1v) is 11.1. The molecule has 0 amide bonds. The lowest BCUT2D eigenvalue weighted by Gasteiger charge is -2.08. The number of tetrazole rings is 1. The second-order valence-corrected chi connectivity index (χ2v) is 7.81. The zero-order chi connectivity index (χ0) is 22.5. The van der Waals surface area contributed by atoms with Crippen molar-refractivity contribution >= 4 is 0 Å². The zero-order valence-electron chi connectivity index (χ0n) is 18.4. The average Bonchev–Trinajstić information content (AvgIpc) is 3.54. The van der Waals surface area contributed by atoms with Crippen LogP contribution in [-0.2, 0) is 13.0 Å². The Kier molecular flexibility index (Phi) is 5.97. The van der Waals surface area contributed by atoms with Crippen molar-refractivity contribution in [1.29, 1.82) is 0 Å². The molecule has 0 spiro atoms. The number of nitrogens with one attached hydrogen (secondary N) is 1. The molecule has 0 aliphatic carbocycles. The van der Waals surface area contributed by atoms with Gasteiger partial charge >= 0.3 is 0 Å². The monoisotopic (exact) mass is 436 g/mol.